The van der Waals surface area contributed by atoms with Crippen LogP contribution in [0.2, 0.25) is 0 Å². The van der Waals surface area contributed by atoms with Crippen molar-refractivity contribution in [3.05, 3.63) is 85.1 Å². The number of esters is 2. The van der Waals surface area contributed by atoms with Gasteiger partial charge in [-0.05, 0) is 89.9 Å². The van der Waals surface area contributed by atoms with Crippen LogP contribution in [0.3, 0.4) is 0 Å². The van der Waals surface area contributed by atoms with E-state index in [-0.39, 0.29) is 26.1 Å². The van der Waals surface area contributed by atoms with Gasteiger partial charge in [0.05, 0.1) is 27.7 Å². The average Bonchev–Trinajstić information content (AvgIpc) is 3.32. The van der Waals surface area contributed by atoms with Crippen LogP contribution in [0.4, 0.5) is 0 Å². The number of quaternary nitrogens is 1. The Morgan fingerprint density at radius 1 is 0.457 bits per heavy atom. The van der Waals surface area contributed by atoms with Gasteiger partial charge in [0.25, 0.3) is 7.82 Å². The lowest BCUT2D eigenvalue weighted by Gasteiger charge is -2.28. The second-order valence-corrected chi connectivity index (χ2v) is 21.3. The molecule has 0 radical (unpaired) electrons. The van der Waals surface area contributed by atoms with Gasteiger partial charge in [-0.1, -0.05) is 214 Å². The standard InChI is InChI=1S/C60H106NO8P/c1-6-8-10-12-14-16-18-20-22-24-26-28-29-30-31-33-34-36-38-40-42-44-46-48-50-52-59(62)66-56-58(57-68-70(64,65)67-55-54-61(3,4)5)69-60(63)53-51-49-47-45-43-41-39-37-35-32-27-25-23-21-19-17-15-13-11-9-7-2/h9,11,15,17-18,20-21,23-24,26-27,32,37,39,58H,6-8,10,12-14,16,19,22,25,28-31,33-36,38,40-57H2,1-5H3/b11-9-,17-15-,20-18-,23-21-,26-24-,32-27-,39-37-. The van der Waals surface area contributed by atoms with Gasteiger partial charge in [-0.15, -0.1) is 0 Å². The first-order valence-corrected chi connectivity index (χ1v) is 29.8. The van der Waals surface area contributed by atoms with Gasteiger partial charge in [-0.3, -0.25) is 14.2 Å². The number of carbonyl (C=O) groups is 2. The Hall–Kier alpha value is -2.81. The summed E-state index contributed by atoms with van der Waals surface area (Å²) in [6.07, 6.45) is 67.6. The molecule has 0 rings (SSSR count). The largest absolute Gasteiger partial charge is 0.756 e. The molecular weight excluding hydrogens is 894 g/mol. The van der Waals surface area contributed by atoms with Crippen molar-refractivity contribution in [3.8, 4) is 0 Å². The highest BCUT2D eigenvalue weighted by atomic mass is 31.2. The fourth-order valence-corrected chi connectivity index (χ4v) is 8.26. The van der Waals surface area contributed by atoms with Crippen molar-refractivity contribution < 1.29 is 42.1 Å². The lowest BCUT2D eigenvalue weighted by molar-refractivity contribution is -0.870. The summed E-state index contributed by atoms with van der Waals surface area (Å²) in [6.45, 7) is 4.09. The first kappa shape index (κ1) is 67.2. The van der Waals surface area contributed by atoms with Gasteiger partial charge in [-0.2, -0.15) is 0 Å². The molecule has 0 aliphatic carbocycles. The zero-order valence-electron chi connectivity index (χ0n) is 45.7. The quantitative estimate of drug-likeness (QED) is 0.0195. The fourth-order valence-electron chi connectivity index (χ4n) is 7.54. The lowest BCUT2D eigenvalue weighted by atomic mass is 10.0. The zero-order valence-corrected chi connectivity index (χ0v) is 46.6. The summed E-state index contributed by atoms with van der Waals surface area (Å²) in [5.74, 6) is -0.857. The minimum absolute atomic E-state index is 0.0388. The number of allylic oxidation sites excluding steroid dienone is 14. The van der Waals surface area contributed by atoms with E-state index in [2.05, 4.69) is 98.9 Å². The Kier molecular flexibility index (Phi) is 49.1. The predicted molar refractivity (Wildman–Crippen MR) is 296 cm³/mol. The van der Waals surface area contributed by atoms with Crippen molar-refractivity contribution in [3.63, 3.8) is 0 Å². The maximum Gasteiger partial charge on any atom is 0.306 e. The monoisotopic (exact) mass is 1000 g/mol. The second-order valence-electron chi connectivity index (χ2n) is 19.9. The molecule has 0 saturated carbocycles. The highest BCUT2D eigenvalue weighted by Gasteiger charge is 2.21. The number of carbonyl (C=O) groups excluding carboxylic acids is 2. The summed E-state index contributed by atoms with van der Waals surface area (Å²) in [6, 6.07) is 0. The Bertz CT molecular complexity index is 1460. The molecule has 70 heavy (non-hydrogen) atoms. The number of hydrogen-bond acceptors (Lipinski definition) is 8. The van der Waals surface area contributed by atoms with E-state index in [1.54, 1.807) is 0 Å². The van der Waals surface area contributed by atoms with Gasteiger partial charge in [0.1, 0.15) is 19.8 Å². The molecule has 10 heteroatoms. The number of nitrogens with zero attached hydrogens (tertiary/aromatic N) is 1. The smallest absolute Gasteiger partial charge is 0.306 e. The van der Waals surface area contributed by atoms with Gasteiger partial charge in [0.2, 0.25) is 0 Å². The number of ether oxygens (including phenoxy) is 2. The van der Waals surface area contributed by atoms with E-state index in [0.717, 1.165) is 89.9 Å². The normalized spacial score (nSPS) is 14.0. The molecule has 0 aromatic carbocycles. The van der Waals surface area contributed by atoms with Gasteiger partial charge in [0, 0.05) is 12.8 Å². The maximum atomic E-state index is 12.8. The van der Waals surface area contributed by atoms with E-state index >= 15 is 0 Å². The molecule has 0 N–H and O–H groups in total. The average molecular weight is 1000 g/mol. The van der Waals surface area contributed by atoms with Crippen LogP contribution >= 0.6 is 7.82 Å². The summed E-state index contributed by atoms with van der Waals surface area (Å²) in [5, 5.41) is 0. The number of likely N-dealkylation sites (N-methyl/N-ethyl adjacent to an activating group) is 1. The van der Waals surface area contributed by atoms with Crippen LogP contribution in [0, 0.1) is 0 Å². The molecule has 0 spiro atoms. The number of phosphoric acid groups is 1. The topological polar surface area (TPSA) is 111 Å². The third kappa shape index (κ3) is 54.5. The summed E-state index contributed by atoms with van der Waals surface area (Å²) in [5.41, 5.74) is 0. The van der Waals surface area contributed by atoms with Crippen LogP contribution in [-0.2, 0) is 32.7 Å². The summed E-state index contributed by atoms with van der Waals surface area (Å²) >= 11 is 0. The Balaban J connectivity index is 4.22. The SMILES string of the molecule is CC/C=C\C/C=C\C/C=C\C/C=C\C/C=C\CCCCCCCC(=O)OC(COC(=O)CCCCCCCCCCCCCCC/C=C\C/C=C\CCCCCCC)COP(=O)([O-])OCC[N+](C)(C)C. The third-order valence-electron chi connectivity index (χ3n) is 11.9. The molecule has 0 fully saturated rings. The minimum atomic E-state index is -4.65. The van der Waals surface area contributed by atoms with Gasteiger partial charge in [-0.25, -0.2) is 0 Å². The molecular formula is C60H106NO8P. The van der Waals surface area contributed by atoms with E-state index in [4.69, 9.17) is 18.5 Å². The van der Waals surface area contributed by atoms with E-state index in [9.17, 15) is 19.0 Å². The lowest BCUT2D eigenvalue weighted by Crippen LogP contribution is -2.37. The van der Waals surface area contributed by atoms with Crippen molar-refractivity contribution in [2.24, 2.45) is 0 Å². The molecule has 404 valence electrons. The second kappa shape index (κ2) is 51.1. The van der Waals surface area contributed by atoms with Crippen molar-refractivity contribution in [2.45, 2.75) is 238 Å². The third-order valence-corrected chi connectivity index (χ3v) is 12.9. The molecule has 0 bridgehead atoms. The number of unbranched alkanes of at least 4 members (excludes halogenated alkanes) is 23. The van der Waals surface area contributed by atoms with Crippen molar-refractivity contribution in [1.82, 2.24) is 0 Å². The van der Waals surface area contributed by atoms with Crippen LogP contribution in [0.25, 0.3) is 0 Å². The van der Waals surface area contributed by atoms with E-state index < -0.39 is 32.5 Å². The van der Waals surface area contributed by atoms with Gasteiger partial charge in [0.15, 0.2) is 6.10 Å². The molecule has 0 aromatic rings. The van der Waals surface area contributed by atoms with Crippen molar-refractivity contribution in [2.75, 3.05) is 47.5 Å². The van der Waals surface area contributed by atoms with Crippen LogP contribution in [-0.4, -0.2) is 70.0 Å². The van der Waals surface area contributed by atoms with E-state index in [1.165, 1.54) is 109 Å². The number of rotatable bonds is 51. The zero-order chi connectivity index (χ0) is 51.3. The predicted octanol–water partition coefficient (Wildman–Crippen LogP) is 16.8. The summed E-state index contributed by atoms with van der Waals surface area (Å²) in [4.78, 5) is 37.8. The summed E-state index contributed by atoms with van der Waals surface area (Å²) < 4.78 is 34.1. The van der Waals surface area contributed by atoms with Crippen molar-refractivity contribution in [1.29, 1.82) is 0 Å². The Labute approximate surface area is 431 Å². The number of phosphoric ester groups is 1. The maximum absolute atomic E-state index is 12.8. The highest BCUT2D eigenvalue weighted by molar-refractivity contribution is 7.45. The molecule has 0 heterocycles. The molecule has 9 nitrogen and oxygen atoms in total. The first-order valence-electron chi connectivity index (χ1n) is 28.3. The Morgan fingerprint density at radius 3 is 1.21 bits per heavy atom. The van der Waals surface area contributed by atoms with Crippen LogP contribution in [0.5, 0.6) is 0 Å². The van der Waals surface area contributed by atoms with Crippen LogP contribution in [0.1, 0.15) is 232 Å². The number of hydrogen-bond donors (Lipinski definition) is 0. The Morgan fingerprint density at radius 2 is 0.814 bits per heavy atom. The molecule has 2 atom stereocenters. The minimum Gasteiger partial charge on any atom is -0.756 e. The van der Waals surface area contributed by atoms with Gasteiger partial charge < -0.3 is 27.9 Å². The van der Waals surface area contributed by atoms with Crippen LogP contribution < -0.4 is 4.89 Å². The molecule has 0 saturated heterocycles. The van der Waals surface area contributed by atoms with E-state index in [0.29, 0.717) is 17.4 Å². The molecule has 2 unspecified atom stereocenters. The van der Waals surface area contributed by atoms with Crippen LogP contribution in [0.15, 0.2) is 85.1 Å². The summed E-state index contributed by atoms with van der Waals surface area (Å²) in [7, 11) is 1.14. The van der Waals surface area contributed by atoms with E-state index in [1.807, 2.05) is 21.1 Å². The molecule has 0 aliphatic rings. The molecule has 0 aliphatic heterocycles. The van der Waals surface area contributed by atoms with Gasteiger partial charge >= 0.3 is 11.9 Å². The molecule has 0 amide bonds. The van der Waals surface area contributed by atoms with Crippen molar-refractivity contribution >= 4 is 19.8 Å². The highest BCUT2D eigenvalue weighted by Crippen LogP contribution is 2.38. The first-order chi connectivity index (χ1) is 34.0. The fraction of sp³-hybridized carbons (Fsp3) is 0.733. The molecule has 0 aromatic heterocycles.